The number of halogens is 3. The van der Waals surface area contributed by atoms with E-state index in [0.29, 0.717) is 10.8 Å². The smallest absolute Gasteiger partial charge is 0.252 e. The molecule has 0 spiro atoms. The molecule has 29 heavy (non-hydrogen) atoms. The molecule has 0 radical (unpaired) electrons. The molecule has 0 aliphatic heterocycles. The average Bonchev–Trinajstić information content (AvgIpc) is 2.67. The number of rotatable bonds is 8. The molecule has 7 nitrogen and oxygen atoms in total. The van der Waals surface area contributed by atoms with Gasteiger partial charge in [-0.3, -0.25) is 4.79 Å². The molecule has 2 aromatic rings. The minimum absolute atomic E-state index is 0.0272. The van der Waals surface area contributed by atoms with Crippen molar-refractivity contribution in [1.82, 2.24) is 9.62 Å². The zero-order valence-electron chi connectivity index (χ0n) is 15.5. The van der Waals surface area contributed by atoms with Crippen LogP contribution in [-0.4, -0.2) is 57.1 Å². The molecular weight excluding hydrogens is 463 g/mol. The number of benzene rings is 2. The van der Waals surface area contributed by atoms with Crippen molar-refractivity contribution < 1.29 is 23.1 Å². The quantitative estimate of drug-likeness (QED) is 0.604. The molecule has 2 aromatic carbocycles. The number of aliphatic hydroxyl groups is 1. The first-order valence-electron chi connectivity index (χ1n) is 8.29. The van der Waals surface area contributed by atoms with Crippen molar-refractivity contribution >= 4 is 50.7 Å². The third-order valence-electron chi connectivity index (χ3n) is 3.81. The number of nitrogens with zero attached hydrogens (tertiary/aromatic N) is 1. The molecule has 1 atom stereocenters. The van der Waals surface area contributed by atoms with Gasteiger partial charge in [-0.05, 0) is 30.3 Å². The van der Waals surface area contributed by atoms with Crippen LogP contribution >= 0.6 is 34.8 Å². The summed E-state index contributed by atoms with van der Waals surface area (Å²) in [5.41, 5.74) is -0.0272. The predicted octanol–water partition coefficient (Wildman–Crippen LogP) is 3.07. The normalized spacial score (nSPS) is 12.7. The summed E-state index contributed by atoms with van der Waals surface area (Å²) in [5.74, 6) is -0.333. The maximum Gasteiger partial charge on any atom is 0.252 e. The third kappa shape index (κ3) is 5.97. The van der Waals surface area contributed by atoms with Crippen molar-refractivity contribution in [2.45, 2.75) is 11.0 Å². The first-order chi connectivity index (χ1) is 13.5. The van der Waals surface area contributed by atoms with Gasteiger partial charge in [-0.1, -0.05) is 40.9 Å². The van der Waals surface area contributed by atoms with Gasteiger partial charge in [0.05, 0.1) is 20.5 Å². The van der Waals surface area contributed by atoms with Crippen molar-refractivity contribution in [2.24, 2.45) is 0 Å². The zero-order valence-corrected chi connectivity index (χ0v) is 18.6. The Morgan fingerprint density at radius 1 is 1.17 bits per heavy atom. The lowest BCUT2D eigenvalue weighted by Gasteiger charge is -2.16. The van der Waals surface area contributed by atoms with E-state index in [-0.39, 0.29) is 33.7 Å². The molecule has 0 aliphatic rings. The van der Waals surface area contributed by atoms with Crippen LogP contribution in [0.2, 0.25) is 15.1 Å². The molecule has 0 aliphatic carbocycles. The minimum Gasteiger partial charge on any atom is -0.489 e. The second-order valence-electron chi connectivity index (χ2n) is 6.16. The summed E-state index contributed by atoms with van der Waals surface area (Å²) in [5, 5.41) is 13.1. The minimum atomic E-state index is -3.73. The van der Waals surface area contributed by atoms with Gasteiger partial charge in [-0.25, -0.2) is 12.7 Å². The van der Waals surface area contributed by atoms with E-state index in [0.717, 1.165) is 4.31 Å². The first-order valence-corrected chi connectivity index (χ1v) is 10.9. The average molecular weight is 482 g/mol. The van der Waals surface area contributed by atoms with Crippen molar-refractivity contribution in [2.75, 3.05) is 27.2 Å². The van der Waals surface area contributed by atoms with E-state index in [4.69, 9.17) is 39.5 Å². The maximum absolute atomic E-state index is 12.4. The van der Waals surface area contributed by atoms with Gasteiger partial charge in [-0.2, -0.15) is 0 Å². The summed E-state index contributed by atoms with van der Waals surface area (Å²) < 4.78 is 30.9. The molecule has 0 heterocycles. The highest BCUT2D eigenvalue weighted by Crippen LogP contribution is 2.31. The number of amides is 1. The highest BCUT2D eigenvalue weighted by Gasteiger charge is 2.21. The molecule has 1 amide bonds. The monoisotopic (exact) mass is 480 g/mol. The van der Waals surface area contributed by atoms with Gasteiger partial charge >= 0.3 is 0 Å². The number of aliphatic hydroxyl groups excluding tert-OH is 1. The van der Waals surface area contributed by atoms with E-state index in [1.54, 1.807) is 18.2 Å². The largest absolute Gasteiger partial charge is 0.489 e. The summed E-state index contributed by atoms with van der Waals surface area (Å²) >= 11 is 17.9. The second kappa shape index (κ2) is 9.97. The molecule has 2 rings (SSSR count). The SMILES string of the molecule is CN(C)S(=O)(=O)c1ccc(Cl)c(C(=O)NCC(O)COc2cccc(Cl)c2Cl)c1. The number of carbonyl (C=O) groups excluding carboxylic acids is 1. The van der Waals surface area contributed by atoms with Crippen LogP contribution in [0.15, 0.2) is 41.3 Å². The standard InChI is InChI=1S/C18H19Cl3N2O5S/c1-23(2)29(26,27)12-6-7-14(19)13(8-12)18(25)22-9-11(24)10-28-16-5-3-4-15(20)17(16)21/h3-8,11,24H,9-10H2,1-2H3,(H,22,25). The topological polar surface area (TPSA) is 95.9 Å². The van der Waals surface area contributed by atoms with E-state index in [1.165, 1.54) is 32.3 Å². The Labute approximate surface area is 184 Å². The van der Waals surface area contributed by atoms with Crippen LogP contribution in [0.5, 0.6) is 5.75 Å². The molecule has 0 saturated heterocycles. The number of hydrogen-bond donors (Lipinski definition) is 2. The highest BCUT2D eigenvalue weighted by molar-refractivity contribution is 7.89. The lowest BCUT2D eigenvalue weighted by atomic mass is 10.2. The van der Waals surface area contributed by atoms with Gasteiger partial charge < -0.3 is 15.2 Å². The van der Waals surface area contributed by atoms with Crippen LogP contribution in [-0.2, 0) is 10.0 Å². The van der Waals surface area contributed by atoms with E-state index in [1.807, 2.05) is 0 Å². The maximum atomic E-state index is 12.4. The van der Waals surface area contributed by atoms with Crippen LogP contribution in [0.4, 0.5) is 0 Å². The van der Waals surface area contributed by atoms with Gasteiger partial charge in [0.25, 0.3) is 5.91 Å². The summed E-state index contributed by atoms with van der Waals surface area (Å²) in [4.78, 5) is 12.3. The van der Waals surface area contributed by atoms with Gasteiger partial charge in [0, 0.05) is 20.6 Å². The Kier molecular flexibility index (Phi) is 8.16. The van der Waals surface area contributed by atoms with Crippen molar-refractivity contribution in [3.05, 3.63) is 57.0 Å². The van der Waals surface area contributed by atoms with Gasteiger partial charge in [0.15, 0.2) is 0 Å². The Morgan fingerprint density at radius 3 is 2.52 bits per heavy atom. The molecule has 158 valence electrons. The van der Waals surface area contributed by atoms with Gasteiger partial charge in [-0.15, -0.1) is 0 Å². The summed E-state index contributed by atoms with van der Waals surface area (Å²) in [6.45, 7) is -0.304. The fourth-order valence-electron chi connectivity index (χ4n) is 2.20. The Hall–Kier alpha value is -1.55. The van der Waals surface area contributed by atoms with Crippen LogP contribution < -0.4 is 10.1 Å². The van der Waals surface area contributed by atoms with E-state index in [2.05, 4.69) is 5.32 Å². The molecule has 0 aromatic heterocycles. The molecule has 11 heteroatoms. The van der Waals surface area contributed by atoms with E-state index >= 15 is 0 Å². The first kappa shape index (κ1) is 23.7. The number of sulfonamides is 1. The molecule has 2 N–H and O–H groups in total. The molecule has 0 saturated carbocycles. The molecule has 0 fully saturated rings. The van der Waals surface area contributed by atoms with Gasteiger partial charge in [0.1, 0.15) is 23.5 Å². The molecule has 0 bridgehead atoms. The van der Waals surface area contributed by atoms with Crippen LogP contribution in [0.25, 0.3) is 0 Å². The third-order valence-corrected chi connectivity index (χ3v) is 6.75. The predicted molar refractivity (Wildman–Crippen MR) is 113 cm³/mol. The fourth-order valence-corrected chi connectivity index (χ4v) is 3.67. The fraction of sp³-hybridized carbons (Fsp3) is 0.278. The number of hydrogen-bond acceptors (Lipinski definition) is 5. The number of nitrogens with one attached hydrogen (secondary N) is 1. The van der Waals surface area contributed by atoms with Crippen molar-refractivity contribution in [1.29, 1.82) is 0 Å². The second-order valence-corrected chi connectivity index (χ2v) is 9.50. The lowest BCUT2D eigenvalue weighted by molar-refractivity contribution is 0.0844. The number of carbonyl (C=O) groups is 1. The summed E-state index contributed by atoms with van der Waals surface area (Å²) in [6, 6.07) is 8.66. The van der Waals surface area contributed by atoms with Crippen LogP contribution in [0, 0.1) is 0 Å². The van der Waals surface area contributed by atoms with Crippen LogP contribution in [0.3, 0.4) is 0 Å². The van der Waals surface area contributed by atoms with Crippen molar-refractivity contribution in [3.8, 4) is 5.75 Å². The Bertz CT molecular complexity index is 999. The highest BCUT2D eigenvalue weighted by atomic mass is 35.5. The molecular formula is C18H19Cl3N2O5S. The summed E-state index contributed by atoms with van der Waals surface area (Å²) in [7, 11) is -0.963. The van der Waals surface area contributed by atoms with E-state index < -0.39 is 22.0 Å². The Balaban J connectivity index is 2.00. The lowest BCUT2D eigenvalue weighted by Crippen LogP contribution is -2.35. The molecule has 1 unspecified atom stereocenters. The Morgan fingerprint density at radius 2 is 1.86 bits per heavy atom. The van der Waals surface area contributed by atoms with Crippen LogP contribution in [0.1, 0.15) is 10.4 Å². The zero-order chi connectivity index (χ0) is 21.8. The number of ether oxygens (including phenoxy) is 1. The van der Waals surface area contributed by atoms with E-state index in [9.17, 15) is 18.3 Å². The van der Waals surface area contributed by atoms with Gasteiger partial charge in [0.2, 0.25) is 10.0 Å². The van der Waals surface area contributed by atoms with Crippen molar-refractivity contribution in [3.63, 3.8) is 0 Å². The summed E-state index contributed by atoms with van der Waals surface area (Å²) in [6.07, 6.45) is -1.05.